The summed E-state index contributed by atoms with van der Waals surface area (Å²) in [6.07, 6.45) is 1.68. The number of nitrogens with one attached hydrogen (secondary N) is 2. The molecule has 0 aromatic carbocycles. The van der Waals surface area contributed by atoms with Crippen LogP contribution in [0, 0.1) is 0 Å². The van der Waals surface area contributed by atoms with Crippen LogP contribution in [0.2, 0.25) is 0 Å². The molecule has 3 N–H and O–H groups in total. The van der Waals surface area contributed by atoms with Crippen molar-refractivity contribution in [1.29, 1.82) is 0 Å². The molecule has 4 nitrogen and oxygen atoms in total. The molecule has 90 valence electrons. The van der Waals surface area contributed by atoms with Gasteiger partial charge in [0.25, 0.3) is 0 Å². The van der Waals surface area contributed by atoms with E-state index in [9.17, 15) is 9.90 Å². The Kier molecular flexibility index (Phi) is 6.52. The minimum atomic E-state index is -0.715. The summed E-state index contributed by atoms with van der Waals surface area (Å²) in [7, 11) is 0. The Morgan fingerprint density at radius 1 is 1.47 bits per heavy atom. The molecular formula is C11H24N2O2. The highest BCUT2D eigenvalue weighted by Gasteiger charge is 2.18. The van der Waals surface area contributed by atoms with E-state index in [0.29, 0.717) is 6.54 Å². The molecule has 0 aliphatic rings. The fourth-order valence-corrected chi connectivity index (χ4v) is 1.45. The third-order valence-electron chi connectivity index (χ3n) is 2.03. The van der Waals surface area contributed by atoms with Gasteiger partial charge in [-0.05, 0) is 27.2 Å². The Balaban J connectivity index is 3.65. The number of rotatable bonds is 7. The van der Waals surface area contributed by atoms with Crippen molar-refractivity contribution in [2.24, 2.45) is 0 Å². The van der Waals surface area contributed by atoms with Gasteiger partial charge in [-0.2, -0.15) is 0 Å². The summed E-state index contributed by atoms with van der Waals surface area (Å²) in [6.45, 7) is 8.37. The van der Waals surface area contributed by atoms with Gasteiger partial charge in [-0.25, -0.2) is 0 Å². The molecule has 0 aromatic rings. The molecule has 0 aromatic heterocycles. The van der Waals surface area contributed by atoms with Crippen LogP contribution in [0.5, 0.6) is 0 Å². The Morgan fingerprint density at radius 3 is 2.53 bits per heavy atom. The monoisotopic (exact) mass is 216 g/mol. The molecule has 15 heavy (non-hydrogen) atoms. The molecule has 0 aliphatic carbocycles. The average Bonchev–Trinajstić information content (AvgIpc) is 2.01. The van der Waals surface area contributed by atoms with E-state index in [0.717, 1.165) is 12.8 Å². The van der Waals surface area contributed by atoms with Gasteiger partial charge in [0.15, 0.2) is 0 Å². The van der Waals surface area contributed by atoms with Crippen molar-refractivity contribution >= 4 is 5.91 Å². The summed E-state index contributed by atoms with van der Waals surface area (Å²) in [6, 6.07) is 0.162. The third kappa shape index (κ3) is 8.39. The molecule has 0 bridgehead atoms. The van der Waals surface area contributed by atoms with E-state index < -0.39 is 5.60 Å². The van der Waals surface area contributed by atoms with Crippen molar-refractivity contribution in [3.05, 3.63) is 0 Å². The number of aliphatic hydroxyl groups is 1. The lowest BCUT2D eigenvalue weighted by Gasteiger charge is -2.23. The van der Waals surface area contributed by atoms with Gasteiger partial charge in [0.1, 0.15) is 0 Å². The first-order valence-corrected chi connectivity index (χ1v) is 5.60. The summed E-state index contributed by atoms with van der Waals surface area (Å²) in [5.74, 6) is -0.0303. The van der Waals surface area contributed by atoms with Crippen LogP contribution < -0.4 is 10.6 Å². The first-order chi connectivity index (χ1) is 6.87. The molecule has 0 fully saturated rings. The molecule has 0 aliphatic heterocycles. The maximum atomic E-state index is 11.2. The second-order valence-electron chi connectivity index (χ2n) is 4.57. The van der Waals surface area contributed by atoms with E-state index in [2.05, 4.69) is 10.6 Å². The SMILES string of the molecule is CCCC(C)(O)CNCC(=O)NC(C)C. The van der Waals surface area contributed by atoms with Gasteiger partial charge in [0.05, 0.1) is 12.1 Å². The summed E-state index contributed by atoms with van der Waals surface area (Å²) >= 11 is 0. The normalized spacial score (nSPS) is 15.1. The Hall–Kier alpha value is -0.610. The van der Waals surface area contributed by atoms with Crippen LogP contribution in [0.25, 0.3) is 0 Å². The Bertz CT molecular complexity index is 191. The van der Waals surface area contributed by atoms with E-state index in [1.165, 1.54) is 0 Å². The molecule has 0 heterocycles. The van der Waals surface area contributed by atoms with Crippen molar-refractivity contribution in [2.45, 2.75) is 52.2 Å². The lowest BCUT2D eigenvalue weighted by Crippen LogP contribution is -2.43. The van der Waals surface area contributed by atoms with Crippen LogP contribution in [0.15, 0.2) is 0 Å². The maximum Gasteiger partial charge on any atom is 0.234 e. The van der Waals surface area contributed by atoms with Crippen molar-refractivity contribution < 1.29 is 9.90 Å². The minimum absolute atomic E-state index is 0.0303. The predicted molar refractivity (Wildman–Crippen MR) is 61.7 cm³/mol. The van der Waals surface area contributed by atoms with E-state index >= 15 is 0 Å². The largest absolute Gasteiger partial charge is 0.389 e. The molecule has 0 rings (SSSR count). The van der Waals surface area contributed by atoms with Crippen LogP contribution in [0.4, 0.5) is 0 Å². The third-order valence-corrected chi connectivity index (χ3v) is 2.03. The van der Waals surface area contributed by atoms with Gasteiger partial charge in [-0.1, -0.05) is 13.3 Å². The topological polar surface area (TPSA) is 61.4 Å². The van der Waals surface area contributed by atoms with Gasteiger partial charge < -0.3 is 15.7 Å². The van der Waals surface area contributed by atoms with Crippen molar-refractivity contribution in [2.75, 3.05) is 13.1 Å². The maximum absolute atomic E-state index is 11.2. The summed E-state index contributed by atoms with van der Waals surface area (Å²) in [5, 5.41) is 15.5. The molecular weight excluding hydrogens is 192 g/mol. The first kappa shape index (κ1) is 14.4. The Morgan fingerprint density at radius 2 is 2.07 bits per heavy atom. The number of carbonyl (C=O) groups is 1. The number of hydrogen-bond acceptors (Lipinski definition) is 3. The van der Waals surface area contributed by atoms with Crippen molar-refractivity contribution in [3.63, 3.8) is 0 Å². The molecule has 4 heteroatoms. The van der Waals surface area contributed by atoms with Gasteiger partial charge >= 0.3 is 0 Å². The fourth-order valence-electron chi connectivity index (χ4n) is 1.45. The number of hydrogen-bond donors (Lipinski definition) is 3. The zero-order chi connectivity index (χ0) is 11.9. The quantitative estimate of drug-likeness (QED) is 0.585. The lowest BCUT2D eigenvalue weighted by atomic mass is 10.0. The summed E-state index contributed by atoms with van der Waals surface area (Å²) < 4.78 is 0. The molecule has 1 atom stereocenters. The van der Waals surface area contributed by atoms with Crippen molar-refractivity contribution in [3.8, 4) is 0 Å². The van der Waals surface area contributed by atoms with E-state index in [1.54, 1.807) is 6.92 Å². The zero-order valence-electron chi connectivity index (χ0n) is 10.3. The second-order valence-corrected chi connectivity index (χ2v) is 4.57. The van der Waals surface area contributed by atoms with E-state index in [4.69, 9.17) is 0 Å². The van der Waals surface area contributed by atoms with Gasteiger partial charge in [0, 0.05) is 12.6 Å². The smallest absolute Gasteiger partial charge is 0.234 e. The highest BCUT2D eigenvalue weighted by molar-refractivity contribution is 5.78. The number of carbonyl (C=O) groups excluding carboxylic acids is 1. The second kappa shape index (κ2) is 6.80. The van der Waals surface area contributed by atoms with Gasteiger partial charge in [-0.3, -0.25) is 4.79 Å². The molecule has 0 spiro atoms. The Labute approximate surface area is 92.4 Å². The summed E-state index contributed by atoms with van der Waals surface area (Å²) in [5.41, 5.74) is -0.715. The predicted octanol–water partition coefficient (Wildman–Crippen LogP) is 0.652. The highest BCUT2D eigenvalue weighted by atomic mass is 16.3. The van der Waals surface area contributed by atoms with Gasteiger partial charge in [-0.15, -0.1) is 0 Å². The molecule has 1 unspecified atom stereocenters. The molecule has 0 saturated carbocycles. The standard InChI is InChI=1S/C11H24N2O2/c1-5-6-11(4,15)8-12-7-10(14)13-9(2)3/h9,12,15H,5-8H2,1-4H3,(H,13,14). The van der Waals surface area contributed by atoms with E-state index in [1.807, 2.05) is 20.8 Å². The lowest BCUT2D eigenvalue weighted by molar-refractivity contribution is -0.120. The minimum Gasteiger partial charge on any atom is -0.389 e. The van der Waals surface area contributed by atoms with Crippen LogP contribution in [0.3, 0.4) is 0 Å². The highest BCUT2D eigenvalue weighted by Crippen LogP contribution is 2.09. The molecule has 1 amide bonds. The van der Waals surface area contributed by atoms with Crippen LogP contribution in [-0.2, 0) is 4.79 Å². The van der Waals surface area contributed by atoms with Crippen molar-refractivity contribution in [1.82, 2.24) is 10.6 Å². The van der Waals surface area contributed by atoms with Crippen LogP contribution >= 0.6 is 0 Å². The average molecular weight is 216 g/mol. The molecule has 0 radical (unpaired) electrons. The molecule has 0 saturated heterocycles. The number of amides is 1. The van der Waals surface area contributed by atoms with Crippen LogP contribution in [-0.4, -0.2) is 35.7 Å². The zero-order valence-corrected chi connectivity index (χ0v) is 10.3. The van der Waals surface area contributed by atoms with Gasteiger partial charge in [0.2, 0.25) is 5.91 Å². The van der Waals surface area contributed by atoms with E-state index in [-0.39, 0.29) is 18.5 Å². The summed E-state index contributed by atoms with van der Waals surface area (Å²) in [4.78, 5) is 11.2. The fraction of sp³-hybridized carbons (Fsp3) is 0.909. The first-order valence-electron chi connectivity index (χ1n) is 5.60. The van der Waals surface area contributed by atoms with Crippen LogP contribution in [0.1, 0.15) is 40.5 Å².